The molecule has 2 aromatic heterocycles. The van der Waals surface area contributed by atoms with E-state index in [1.54, 1.807) is 31.3 Å². The van der Waals surface area contributed by atoms with Gasteiger partial charge in [-0.3, -0.25) is 9.59 Å². The number of nitrogens with zero attached hydrogens (tertiary/aromatic N) is 3. The molecule has 0 aliphatic carbocycles. The first kappa shape index (κ1) is 18.4. The van der Waals surface area contributed by atoms with Crippen LogP contribution in [-0.2, 0) is 11.2 Å². The van der Waals surface area contributed by atoms with Crippen LogP contribution in [0.15, 0.2) is 47.0 Å². The Labute approximate surface area is 157 Å². The normalized spacial score (nSPS) is 14.4. The number of rotatable bonds is 5. The van der Waals surface area contributed by atoms with Crippen molar-refractivity contribution in [1.29, 1.82) is 5.26 Å². The highest BCUT2D eigenvalue weighted by molar-refractivity contribution is 5.97. The van der Waals surface area contributed by atoms with Gasteiger partial charge in [0.2, 0.25) is 0 Å². The quantitative estimate of drug-likeness (QED) is 0.624. The molecule has 1 amide bonds. The maximum atomic E-state index is 12.2. The first-order chi connectivity index (χ1) is 13.0. The van der Waals surface area contributed by atoms with Crippen molar-refractivity contribution in [2.45, 2.75) is 13.3 Å². The minimum atomic E-state index is -0.240. The largest absolute Gasteiger partial charge is 0.373 e. The molecule has 1 aliphatic heterocycles. The number of H-pyrrole nitrogens is 1. The number of aromatic nitrogens is 2. The molecule has 2 N–H and O–H groups in total. The maximum Gasteiger partial charge on any atom is 0.264 e. The molecule has 1 fully saturated rings. The van der Waals surface area contributed by atoms with Crippen LogP contribution >= 0.6 is 0 Å². The second-order valence-electron chi connectivity index (χ2n) is 6.52. The summed E-state index contributed by atoms with van der Waals surface area (Å²) in [5.74, 6) is 0.730. The molecular weight excluding hydrogens is 342 g/mol. The van der Waals surface area contributed by atoms with E-state index in [2.05, 4.69) is 15.3 Å². The lowest BCUT2D eigenvalue weighted by atomic mass is 9.91. The average molecular weight is 363 g/mol. The molecule has 3 rings (SSSR count). The molecule has 0 atom stereocenters. The summed E-state index contributed by atoms with van der Waals surface area (Å²) in [5, 5.41) is 12.0. The van der Waals surface area contributed by atoms with E-state index in [0.717, 1.165) is 16.9 Å². The molecule has 2 aromatic rings. The third kappa shape index (κ3) is 3.90. The van der Waals surface area contributed by atoms with Crippen LogP contribution in [0, 0.1) is 17.2 Å². The number of amides is 1. The molecule has 0 saturated carbocycles. The number of allylic oxidation sites excluding steroid dienone is 1. The van der Waals surface area contributed by atoms with Crippen LogP contribution in [0.1, 0.15) is 12.5 Å². The fraction of sp³-hybridized carbons (Fsp3) is 0.300. The zero-order valence-corrected chi connectivity index (χ0v) is 15.3. The van der Waals surface area contributed by atoms with E-state index >= 15 is 0 Å². The average Bonchev–Trinajstić information content (AvgIpc) is 2.66. The lowest BCUT2D eigenvalue weighted by molar-refractivity contribution is -0.132. The minimum Gasteiger partial charge on any atom is -0.373 e. The number of nitriles is 1. The summed E-state index contributed by atoms with van der Waals surface area (Å²) in [6, 6.07) is 7.62. The van der Waals surface area contributed by atoms with Gasteiger partial charge in [-0.25, -0.2) is 4.98 Å². The standard InChI is InChI=1S/C20H21N5O2/c1-3-14(9-21)20(27)25-11-13(12-25)6-16-7-17(10-24-19(16)26)15-4-5-23-18(8-15)22-2/h3-5,7-8,10,13H,6,11-12H2,1-2H3,(H,22,23)(H,24,26)/b14-3+. The van der Waals surface area contributed by atoms with Gasteiger partial charge in [0, 0.05) is 38.1 Å². The highest BCUT2D eigenvalue weighted by Crippen LogP contribution is 2.24. The predicted molar refractivity (Wildman–Crippen MR) is 103 cm³/mol. The Bertz CT molecular complexity index is 980. The highest BCUT2D eigenvalue weighted by atomic mass is 16.2. The number of likely N-dealkylation sites (tertiary alicyclic amines) is 1. The summed E-state index contributed by atoms with van der Waals surface area (Å²) in [5.41, 5.74) is 2.61. The van der Waals surface area contributed by atoms with Crippen LogP contribution in [0.4, 0.5) is 5.82 Å². The van der Waals surface area contributed by atoms with Crippen molar-refractivity contribution in [2.75, 3.05) is 25.5 Å². The number of hydrogen-bond donors (Lipinski definition) is 2. The Kier molecular flexibility index (Phi) is 5.36. The summed E-state index contributed by atoms with van der Waals surface area (Å²) in [6.07, 6.45) is 5.53. The highest BCUT2D eigenvalue weighted by Gasteiger charge is 2.32. The number of anilines is 1. The second kappa shape index (κ2) is 7.87. The van der Waals surface area contributed by atoms with Crippen molar-refractivity contribution in [1.82, 2.24) is 14.9 Å². The van der Waals surface area contributed by atoms with E-state index < -0.39 is 0 Å². The molecule has 0 bridgehead atoms. The van der Waals surface area contributed by atoms with Crippen LogP contribution in [-0.4, -0.2) is 40.9 Å². The van der Waals surface area contributed by atoms with Crippen LogP contribution in [0.3, 0.4) is 0 Å². The first-order valence-electron chi connectivity index (χ1n) is 8.77. The van der Waals surface area contributed by atoms with E-state index in [-0.39, 0.29) is 23.0 Å². The Morgan fingerprint density at radius 3 is 2.89 bits per heavy atom. The number of pyridine rings is 2. The fourth-order valence-electron chi connectivity index (χ4n) is 3.18. The molecule has 3 heterocycles. The fourth-order valence-corrected chi connectivity index (χ4v) is 3.18. The topological polar surface area (TPSA) is 102 Å². The maximum absolute atomic E-state index is 12.2. The van der Waals surface area contributed by atoms with Gasteiger partial charge in [0.15, 0.2) is 0 Å². The number of hydrogen-bond acceptors (Lipinski definition) is 5. The van der Waals surface area contributed by atoms with Crippen molar-refractivity contribution in [3.05, 3.63) is 58.2 Å². The zero-order valence-electron chi connectivity index (χ0n) is 15.3. The van der Waals surface area contributed by atoms with Gasteiger partial charge in [0.05, 0.1) is 0 Å². The van der Waals surface area contributed by atoms with E-state index in [9.17, 15) is 9.59 Å². The molecule has 27 heavy (non-hydrogen) atoms. The van der Waals surface area contributed by atoms with E-state index in [1.165, 1.54) is 6.08 Å². The van der Waals surface area contributed by atoms with Gasteiger partial charge in [-0.15, -0.1) is 0 Å². The predicted octanol–water partition coefficient (Wildman–Crippen LogP) is 1.95. The first-order valence-corrected chi connectivity index (χ1v) is 8.77. The van der Waals surface area contributed by atoms with Crippen LogP contribution in [0.5, 0.6) is 0 Å². The van der Waals surface area contributed by atoms with Gasteiger partial charge in [-0.2, -0.15) is 5.26 Å². The van der Waals surface area contributed by atoms with E-state index in [1.807, 2.05) is 24.3 Å². The molecule has 0 unspecified atom stereocenters. The molecule has 0 spiro atoms. The monoisotopic (exact) mass is 363 g/mol. The smallest absolute Gasteiger partial charge is 0.264 e. The third-order valence-electron chi connectivity index (χ3n) is 4.72. The van der Waals surface area contributed by atoms with Crippen LogP contribution in [0.2, 0.25) is 0 Å². The Morgan fingerprint density at radius 2 is 2.22 bits per heavy atom. The van der Waals surface area contributed by atoms with Crippen molar-refractivity contribution in [3.63, 3.8) is 0 Å². The summed E-state index contributed by atoms with van der Waals surface area (Å²) in [6.45, 7) is 2.79. The lowest BCUT2D eigenvalue weighted by Crippen LogP contribution is -2.51. The third-order valence-corrected chi connectivity index (χ3v) is 4.72. The number of nitrogens with one attached hydrogen (secondary N) is 2. The minimum absolute atomic E-state index is 0.113. The van der Waals surface area contributed by atoms with E-state index in [4.69, 9.17) is 5.26 Å². The van der Waals surface area contributed by atoms with Gasteiger partial charge in [-0.1, -0.05) is 6.08 Å². The molecule has 7 nitrogen and oxygen atoms in total. The van der Waals surface area contributed by atoms with Gasteiger partial charge in [-0.05, 0) is 48.6 Å². The molecule has 0 aromatic carbocycles. The van der Waals surface area contributed by atoms with Crippen molar-refractivity contribution >= 4 is 11.7 Å². The molecule has 1 aliphatic rings. The molecule has 0 radical (unpaired) electrons. The summed E-state index contributed by atoms with van der Waals surface area (Å²) >= 11 is 0. The van der Waals surface area contributed by atoms with Gasteiger partial charge >= 0.3 is 0 Å². The second-order valence-corrected chi connectivity index (χ2v) is 6.52. The van der Waals surface area contributed by atoms with Crippen LogP contribution in [0.25, 0.3) is 11.1 Å². The number of carbonyl (C=O) groups is 1. The van der Waals surface area contributed by atoms with Gasteiger partial charge in [0.1, 0.15) is 17.5 Å². The molecule has 138 valence electrons. The van der Waals surface area contributed by atoms with Crippen molar-refractivity contribution < 1.29 is 4.79 Å². The number of aromatic amines is 1. The zero-order chi connectivity index (χ0) is 19.4. The lowest BCUT2D eigenvalue weighted by Gasteiger charge is -2.39. The molecule has 1 saturated heterocycles. The Morgan fingerprint density at radius 1 is 1.44 bits per heavy atom. The van der Waals surface area contributed by atoms with Crippen LogP contribution < -0.4 is 10.9 Å². The van der Waals surface area contributed by atoms with Crippen molar-refractivity contribution in [3.8, 4) is 17.2 Å². The summed E-state index contributed by atoms with van der Waals surface area (Å²) < 4.78 is 0. The SMILES string of the molecule is C/C=C(\C#N)C(=O)N1CC(Cc2cc(-c3ccnc(NC)c3)c[nH]c2=O)C1. The number of carbonyl (C=O) groups excluding carboxylic acids is 1. The molecular formula is C20H21N5O2. The molecule has 7 heteroatoms. The Balaban J connectivity index is 1.71. The van der Waals surface area contributed by atoms with Gasteiger partial charge in [0.25, 0.3) is 11.5 Å². The summed E-state index contributed by atoms with van der Waals surface area (Å²) in [4.78, 5) is 33.0. The van der Waals surface area contributed by atoms with E-state index in [0.29, 0.717) is 25.1 Å². The summed E-state index contributed by atoms with van der Waals surface area (Å²) in [7, 11) is 1.81. The van der Waals surface area contributed by atoms with Gasteiger partial charge < -0.3 is 15.2 Å². The Hall–Kier alpha value is -3.40. The van der Waals surface area contributed by atoms with Crippen molar-refractivity contribution in [2.24, 2.45) is 5.92 Å².